The van der Waals surface area contributed by atoms with Crippen molar-refractivity contribution in [2.24, 2.45) is 0 Å². The average Bonchev–Trinajstić information content (AvgIpc) is 3.19. The number of carbonyl (C=O) groups is 1. The molecule has 1 unspecified atom stereocenters. The number of halogens is 1. The number of thiophene rings is 1. The van der Waals surface area contributed by atoms with Gasteiger partial charge in [0.25, 0.3) is 0 Å². The Morgan fingerprint density at radius 1 is 1.26 bits per heavy atom. The number of benzene rings is 1. The maximum absolute atomic E-state index is 12.7. The molecule has 5 nitrogen and oxygen atoms in total. The summed E-state index contributed by atoms with van der Waals surface area (Å²) in [4.78, 5) is 15.4. The minimum atomic E-state index is -3.47. The van der Waals surface area contributed by atoms with E-state index in [1.165, 1.54) is 23.1 Å². The zero-order valence-electron chi connectivity index (χ0n) is 14.8. The van der Waals surface area contributed by atoms with Crippen molar-refractivity contribution in [2.45, 2.75) is 40.2 Å². The maximum atomic E-state index is 12.7. The van der Waals surface area contributed by atoms with Gasteiger partial charge >= 0.3 is 0 Å². The molecule has 2 aromatic rings. The van der Waals surface area contributed by atoms with Crippen LogP contribution >= 0.6 is 34.7 Å². The molecule has 9 heteroatoms. The van der Waals surface area contributed by atoms with E-state index >= 15 is 0 Å². The van der Waals surface area contributed by atoms with Crippen LogP contribution in [0.4, 0.5) is 0 Å². The fourth-order valence-corrected chi connectivity index (χ4v) is 6.50. The first-order valence-electron chi connectivity index (χ1n) is 8.62. The van der Waals surface area contributed by atoms with Gasteiger partial charge in [-0.3, -0.25) is 4.79 Å². The topological polar surface area (TPSA) is 66.5 Å². The third kappa shape index (κ3) is 5.26. The summed E-state index contributed by atoms with van der Waals surface area (Å²) in [6.07, 6.45) is 1.22. The van der Waals surface area contributed by atoms with Gasteiger partial charge in [0, 0.05) is 24.0 Å². The van der Waals surface area contributed by atoms with Crippen molar-refractivity contribution in [3.8, 4) is 0 Å². The molecule has 1 saturated heterocycles. The van der Waals surface area contributed by atoms with Crippen molar-refractivity contribution in [3.05, 3.63) is 46.8 Å². The normalized spacial score (nSPS) is 17.0. The van der Waals surface area contributed by atoms with Crippen LogP contribution in [0, 0.1) is 0 Å². The summed E-state index contributed by atoms with van der Waals surface area (Å²) >= 11 is 8.82. The average molecular weight is 445 g/mol. The molecule has 27 heavy (non-hydrogen) atoms. The van der Waals surface area contributed by atoms with E-state index in [9.17, 15) is 13.2 Å². The number of likely N-dealkylation sites (tertiary alicyclic amines) is 1. The van der Waals surface area contributed by atoms with Gasteiger partial charge in [0.15, 0.2) is 0 Å². The lowest BCUT2D eigenvalue weighted by Gasteiger charge is -2.33. The second-order valence-electron chi connectivity index (χ2n) is 6.34. The number of nitrogens with zero attached hydrogens (tertiary/aromatic N) is 1. The lowest BCUT2D eigenvalue weighted by atomic mass is 10.1. The predicted octanol–water partition coefficient (Wildman–Crippen LogP) is 3.85. The van der Waals surface area contributed by atoms with Crippen LogP contribution in [0.25, 0.3) is 0 Å². The Bertz CT molecular complexity index is 879. The number of piperidine rings is 1. The molecule has 1 amide bonds. The molecule has 1 fully saturated rings. The summed E-state index contributed by atoms with van der Waals surface area (Å²) in [6.45, 7) is 2.97. The van der Waals surface area contributed by atoms with Gasteiger partial charge in [0.1, 0.15) is 4.21 Å². The monoisotopic (exact) mass is 444 g/mol. The SMILES string of the molecule is CC(Sc1ccccc1Cl)C(=O)N1CCC(NS(=O)(=O)c2cccs2)CC1. The molecule has 0 radical (unpaired) electrons. The molecule has 1 aliphatic rings. The minimum absolute atomic E-state index is 0.0551. The van der Waals surface area contributed by atoms with E-state index in [1.54, 1.807) is 17.5 Å². The molecule has 0 saturated carbocycles. The molecule has 1 aromatic heterocycles. The molecular formula is C18H21ClN2O3S3. The van der Waals surface area contributed by atoms with Gasteiger partial charge in [-0.05, 0) is 43.3 Å². The van der Waals surface area contributed by atoms with Gasteiger partial charge in [-0.2, -0.15) is 0 Å². The van der Waals surface area contributed by atoms with Crippen molar-refractivity contribution in [3.63, 3.8) is 0 Å². The van der Waals surface area contributed by atoms with Crippen LogP contribution in [0.2, 0.25) is 5.02 Å². The lowest BCUT2D eigenvalue weighted by molar-refractivity contribution is -0.131. The van der Waals surface area contributed by atoms with Gasteiger partial charge in [0.05, 0.1) is 10.3 Å². The zero-order chi connectivity index (χ0) is 19.4. The van der Waals surface area contributed by atoms with Crippen LogP contribution < -0.4 is 4.72 Å². The Hall–Kier alpha value is -1.06. The van der Waals surface area contributed by atoms with E-state index in [0.717, 1.165) is 4.90 Å². The van der Waals surface area contributed by atoms with Crippen LogP contribution in [0.15, 0.2) is 50.9 Å². The number of hydrogen-bond acceptors (Lipinski definition) is 5. The third-order valence-electron chi connectivity index (χ3n) is 4.38. The van der Waals surface area contributed by atoms with Crippen molar-refractivity contribution in [1.29, 1.82) is 0 Å². The molecule has 146 valence electrons. The highest BCUT2D eigenvalue weighted by atomic mass is 35.5. The molecule has 2 heterocycles. The zero-order valence-corrected chi connectivity index (χ0v) is 18.0. The molecule has 0 aliphatic carbocycles. The van der Waals surface area contributed by atoms with E-state index < -0.39 is 10.0 Å². The molecule has 1 aliphatic heterocycles. The second-order valence-corrected chi connectivity index (χ2v) is 11.0. The van der Waals surface area contributed by atoms with Gasteiger partial charge in [-0.25, -0.2) is 13.1 Å². The number of hydrogen-bond donors (Lipinski definition) is 1. The molecule has 0 spiro atoms. The molecule has 3 rings (SSSR count). The summed E-state index contributed by atoms with van der Waals surface area (Å²) in [5.74, 6) is 0.0551. The van der Waals surface area contributed by atoms with Gasteiger partial charge in [-0.1, -0.05) is 29.8 Å². The first-order valence-corrected chi connectivity index (χ1v) is 12.2. The summed E-state index contributed by atoms with van der Waals surface area (Å²) in [5.41, 5.74) is 0. The largest absolute Gasteiger partial charge is 0.342 e. The predicted molar refractivity (Wildman–Crippen MR) is 111 cm³/mol. The van der Waals surface area contributed by atoms with E-state index in [-0.39, 0.29) is 17.2 Å². The standard InChI is InChI=1S/C18H21ClN2O3S3/c1-13(26-16-6-3-2-5-15(16)19)18(22)21-10-8-14(9-11-21)20-27(23,24)17-7-4-12-25-17/h2-7,12-14,20H,8-11H2,1H3. The first kappa shape index (κ1) is 20.7. The summed E-state index contributed by atoms with van der Waals surface area (Å²) in [6, 6.07) is 10.6. The van der Waals surface area contributed by atoms with Crippen molar-refractivity contribution in [1.82, 2.24) is 9.62 Å². The summed E-state index contributed by atoms with van der Waals surface area (Å²) in [5, 5.41) is 2.14. The van der Waals surface area contributed by atoms with Crippen molar-refractivity contribution in [2.75, 3.05) is 13.1 Å². The maximum Gasteiger partial charge on any atom is 0.250 e. The highest BCUT2D eigenvalue weighted by Crippen LogP contribution is 2.31. The fraction of sp³-hybridized carbons (Fsp3) is 0.389. The van der Waals surface area contributed by atoms with Crippen LogP contribution in [-0.4, -0.2) is 43.6 Å². The lowest BCUT2D eigenvalue weighted by Crippen LogP contribution is -2.48. The van der Waals surface area contributed by atoms with Gasteiger partial charge in [0.2, 0.25) is 15.9 Å². The van der Waals surface area contributed by atoms with Crippen LogP contribution in [0.3, 0.4) is 0 Å². The van der Waals surface area contributed by atoms with Crippen LogP contribution in [-0.2, 0) is 14.8 Å². The molecule has 1 atom stereocenters. The van der Waals surface area contributed by atoms with Crippen molar-refractivity contribution < 1.29 is 13.2 Å². The van der Waals surface area contributed by atoms with Crippen LogP contribution in [0.5, 0.6) is 0 Å². The Kier molecular flexibility index (Phi) is 6.86. The molecule has 1 N–H and O–H groups in total. The third-order valence-corrected chi connectivity index (χ3v) is 8.90. The summed E-state index contributed by atoms with van der Waals surface area (Å²) in [7, 11) is -3.47. The number of amides is 1. The fourth-order valence-electron chi connectivity index (χ4n) is 2.95. The number of sulfonamides is 1. The summed E-state index contributed by atoms with van der Waals surface area (Å²) < 4.78 is 27.7. The highest BCUT2D eigenvalue weighted by molar-refractivity contribution is 8.00. The van der Waals surface area contributed by atoms with Crippen molar-refractivity contribution >= 4 is 50.6 Å². The Morgan fingerprint density at radius 3 is 2.59 bits per heavy atom. The quantitative estimate of drug-likeness (QED) is 0.687. The van der Waals surface area contributed by atoms with Gasteiger partial charge < -0.3 is 4.90 Å². The molecular weight excluding hydrogens is 424 g/mol. The number of nitrogens with one attached hydrogen (secondary N) is 1. The van der Waals surface area contributed by atoms with E-state index in [1.807, 2.05) is 36.1 Å². The number of thioether (sulfide) groups is 1. The van der Waals surface area contributed by atoms with Gasteiger partial charge in [-0.15, -0.1) is 23.1 Å². The Balaban J connectivity index is 1.52. The van der Waals surface area contributed by atoms with E-state index in [4.69, 9.17) is 11.6 Å². The second kappa shape index (κ2) is 8.96. The minimum Gasteiger partial charge on any atom is -0.342 e. The number of rotatable bonds is 6. The van der Waals surface area contributed by atoms with E-state index in [0.29, 0.717) is 35.2 Å². The molecule has 0 bridgehead atoms. The smallest absolute Gasteiger partial charge is 0.250 e. The van der Waals surface area contributed by atoms with Crippen LogP contribution in [0.1, 0.15) is 19.8 Å². The Morgan fingerprint density at radius 2 is 1.96 bits per heavy atom. The molecule has 1 aromatic carbocycles. The van der Waals surface area contributed by atoms with E-state index in [2.05, 4.69) is 4.72 Å². The first-order chi connectivity index (χ1) is 12.9. The number of carbonyl (C=O) groups excluding carboxylic acids is 1. The highest BCUT2D eigenvalue weighted by Gasteiger charge is 2.29. The Labute approximate surface area is 173 Å².